The zero-order valence-electron chi connectivity index (χ0n) is 13.4. The first-order valence-electron chi connectivity index (χ1n) is 7.85. The fourth-order valence-electron chi connectivity index (χ4n) is 4.39. The Morgan fingerprint density at radius 3 is 1.11 bits per heavy atom. The van der Waals surface area contributed by atoms with E-state index in [2.05, 4.69) is 61.5 Å². The molecule has 3 rings (SSSR count). The maximum Gasteiger partial charge on any atom is 0.0665 e. The lowest BCUT2D eigenvalue weighted by molar-refractivity contribution is -0.219. The van der Waals surface area contributed by atoms with Crippen molar-refractivity contribution in [2.75, 3.05) is 21.1 Å². The van der Waals surface area contributed by atoms with E-state index < -0.39 is 0 Å². The average molecular weight is 266 g/mol. The fourth-order valence-corrected chi connectivity index (χ4v) is 4.39. The Kier molecular flexibility index (Phi) is 3.41. The van der Waals surface area contributed by atoms with Crippen LogP contribution in [-0.2, 0) is 0 Å². The van der Waals surface area contributed by atoms with Gasteiger partial charge in [0.1, 0.15) is 0 Å². The Morgan fingerprint density at radius 1 is 0.579 bits per heavy atom. The van der Waals surface area contributed by atoms with Gasteiger partial charge in [-0.15, -0.1) is 0 Å². The number of nitrogens with zero attached hydrogens (tertiary/aromatic N) is 4. The molecule has 3 heterocycles. The van der Waals surface area contributed by atoms with Crippen LogP contribution >= 0.6 is 0 Å². The summed E-state index contributed by atoms with van der Waals surface area (Å²) in [6.07, 6.45) is 5.69. The molecule has 0 saturated carbocycles. The number of rotatable bonds is 0. The number of hydrogen-bond donors (Lipinski definition) is 0. The average Bonchev–Trinajstić information content (AvgIpc) is 2.37. The van der Waals surface area contributed by atoms with Crippen LogP contribution in [0.1, 0.15) is 40.0 Å². The molecule has 4 nitrogen and oxygen atoms in total. The summed E-state index contributed by atoms with van der Waals surface area (Å²) in [7, 11) is 6.95. The second kappa shape index (κ2) is 4.69. The minimum absolute atomic E-state index is 0.625. The van der Waals surface area contributed by atoms with Gasteiger partial charge < -0.3 is 0 Å². The summed E-state index contributed by atoms with van der Waals surface area (Å²) in [5, 5.41) is 0. The molecule has 3 aliphatic heterocycles. The highest BCUT2D eigenvalue weighted by atomic mass is 15.6. The summed E-state index contributed by atoms with van der Waals surface area (Å²) in [6.45, 7) is 7.17. The molecule has 0 aliphatic carbocycles. The molecule has 19 heavy (non-hydrogen) atoms. The van der Waals surface area contributed by atoms with Crippen LogP contribution < -0.4 is 0 Å². The van der Waals surface area contributed by atoms with E-state index in [-0.39, 0.29) is 0 Å². The van der Waals surface area contributed by atoms with Crippen molar-refractivity contribution < 1.29 is 0 Å². The minimum atomic E-state index is 0.625. The van der Waals surface area contributed by atoms with Crippen molar-refractivity contribution in [1.29, 1.82) is 0 Å². The zero-order chi connectivity index (χ0) is 13.9. The monoisotopic (exact) mass is 266 g/mol. The van der Waals surface area contributed by atoms with Crippen molar-refractivity contribution in [1.82, 2.24) is 19.6 Å². The molecule has 6 unspecified atom stereocenters. The smallest absolute Gasteiger partial charge is 0.0665 e. The van der Waals surface area contributed by atoms with Gasteiger partial charge in [-0.05, 0) is 61.2 Å². The Hall–Kier alpha value is -0.160. The van der Waals surface area contributed by atoms with E-state index in [1.54, 1.807) is 0 Å². The SMILES string of the molecule is CC1CC2N(C)C(C)CC3N(C)C(C)CC(N1C)N32. The molecule has 6 atom stereocenters. The van der Waals surface area contributed by atoms with Crippen LogP contribution in [0.5, 0.6) is 0 Å². The molecule has 0 spiro atoms. The lowest BCUT2D eigenvalue weighted by Gasteiger charge is -2.64. The third-order valence-corrected chi connectivity index (χ3v) is 6.18. The van der Waals surface area contributed by atoms with Crippen LogP contribution in [0.4, 0.5) is 0 Å². The van der Waals surface area contributed by atoms with Crippen LogP contribution in [0.15, 0.2) is 0 Å². The van der Waals surface area contributed by atoms with Crippen molar-refractivity contribution in [2.45, 2.75) is 76.7 Å². The zero-order valence-corrected chi connectivity index (χ0v) is 13.4. The van der Waals surface area contributed by atoms with E-state index in [9.17, 15) is 0 Å². The summed E-state index contributed by atoms with van der Waals surface area (Å²) < 4.78 is 0. The van der Waals surface area contributed by atoms with Crippen LogP contribution in [0, 0.1) is 0 Å². The van der Waals surface area contributed by atoms with Gasteiger partial charge in [-0.25, -0.2) is 0 Å². The van der Waals surface area contributed by atoms with Gasteiger partial charge in [0.2, 0.25) is 0 Å². The molecule has 3 aliphatic rings. The fraction of sp³-hybridized carbons (Fsp3) is 1.00. The van der Waals surface area contributed by atoms with Crippen LogP contribution in [0.3, 0.4) is 0 Å². The predicted octanol–water partition coefficient (Wildman–Crippen LogP) is 1.44. The van der Waals surface area contributed by atoms with E-state index in [1.807, 2.05) is 0 Å². The van der Waals surface area contributed by atoms with Gasteiger partial charge in [0, 0.05) is 18.1 Å². The van der Waals surface area contributed by atoms with Gasteiger partial charge in [-0.2, -0.15) is 0 Å². The maximum absolute atomic E-state index is 2.79. The van der Waals surface area contributed by atoms with Gasteiger partial charge in [0.15, 0.2) is 0 Å². The Bertz CT molecular complexity index is 295. The minimum Gasteiger partial charge on any atom is -0.288 e. The van der Waals surface area contributed by atoms with Crippen molar-refractivity contribution in [3.8, 4) is 0 Å². The van der Waals surface area contributed by atoms with Gasteiger partial charge in [0.25, 0.3) is 0 Å². The maximum atomic E-state index is 2.79. The molecule has 0 N–H and O–H groups in total. The van der Waals surface area contributed by atoms with Gasteiger partial charge in [-0.3, -0.25) is 19.6 Å². The van der Waals surface area contributed by atoms with E-state index in [1.165, 1.54) is 19.3 Å². The summed E-state index contributed by atoms with van der Waals surface area (Å²) in [6, 6.07) is 2.07. The summed E-state index contributed by atoms with van der Waals surface area (Å²) in [5.41, 5.74) is 0. The van der Waals surface area contributed by atoms with E-state index in [0.29, 0.717) is 36.6 Å². The Balaban J connectivity index is 1.95. The number of hydrogen-bond acceptors (Lipinski definition) is 4. The molecule has 0 aromatic rings. The Labute approximate surface area is 118 Å². The van der Waals surface area contributed by atoms with E-state index in [4.69, 9.17) is 0 Å². The van der Waals surface area contributed by atoms with Crippen molar-refractivity contribution in [2.24, 2.45) is 0 Å². The lowest BCUT2D eigenvalue weighted by atomic mass is 9.90. The van der Waals surface area contributed by atoms with Gasteiger partial charge in [0.05, 0.1) is 18.5 Å². The molecule has 0 aromatic carbocycles. The third-order valence-electron chi connectivity index (χ3n) is 6.18. The molecule has 4 heteroatoms. The van der Waals surface area contributed by atoms with Crippen LogP contribution in [0.25, 0.3) is 0 Å². The first-order valence-corrected chi connectivity index (χ1v) is 7.85. The summed E-state index contributed by atoms with van der Waals surface area (Å²) >= 11 is 0. The Morgan fingerprint density at radius 2 is 0.842 bits per heavy atom. The third kappa shape index (κ3) is 1.96. The predicted molar refractivity (Wildman–Crippen MR) is 78.7 cm³/mol. The molecular weight excluding hydrogens is 236 g/mol. The second-order valence-electron chi connectivity index (χ2n) is 7.14. The molecule has 0 bridgehead atoms. The topological polar surface area (TPSA) is 13.0 Å². The highest BCUT2D eigenvalue weighted by Crippen LogP contribution is 2.40. The van der Waals surface area contributed by atoms with Crippen molar-refractivity contribution in [3.05, 3.63) is 0 Å². The van der Waals surface area contributed by atoms with Crippen LogP contribution in [0.2, 0.25) is 0 Å². The van der Waals surface area contributed by atoms with Gasteiger partial charge >= 0.3 is 0 Å². The molecule has 3 fully saturated rings. The molecule has 110 valence electrons. The first kappa shape index (κ1) is 13.8. The molecule has 3 saturated heterocycles. The standard InChI is InChI=1S/C15H30N4/c1-10-7-13-17(5)12(3)9-15-18(6)11(2)8-14(16(10)4)19(13)15/h10-15H,7-9H2,1-6H3. The highest BCUT2D eigenvalue weighted by Gasteiger charge is 2.51. The van der Waals surface area contributed by atoms with Crippen LogP contribution in [-0.4, -0.2) is 77.4 Å². The highest BCUT2D eigenvalue weighted by molar-refractivity contribution is 5.01. The molecule has 0 radical (unpaired) electrons. The second-order valence-corrected chi connectivity index (χ2v) is 7.14. The summed E-state index contributed by atoms with van der Waals surface area (Å²) in [5.74, 6) is 0. The van der Waals surface area contributed by atoms with Gasteiger partial charge in [-0.1, -0.05) is 0 Å². The normalized spacial score (nSPS) is 50.2. The molecule has 0 aromatic heterocycles. The van der Waals surface area contributed by atoms with E-state index in [0.717, 1.165) is 0 Å². The lowest BCUT2D eigenvalue weighted by Crippen LogP contribution is -2.76. The summed E-state index contributed by atoms with van der Waals surface area (Å²) in [4.78, 5) is 10.6. The molecule has 0 amide bonds. The molecular formula is C15H30N4. The van der Waals surface area contributed by atoms with Crippen molar-refractivity contribution in [3.63, 3.8) is 0 Å². The van der Waals surface area contributed by atoms with E-state index >= 15 is 0 Å². The van der Waals surface area contributed by atoms with Crippen molar-refractivity contribution >= 4 is 0 Å². The first-order chi connectivity index (χ1) is 8.91. The quantitative estimate of drug-likeness (QED) is 0.658. The largest absolute Gasteiger partial charge is 0.288 e.